The van der Waals surface area contributed by atoms with Crippen LogP contribution in [0.1, 0.15) is 65.9 Å². The summed E-state index contributed by atoms with van der Waals surface area (Å²) in [7, 11) is 0. The quantitative estimate of drug-likeness (QED) is 0.685. The highest BCUT2D eigenvalue weighted by Gasteiger charge is 2.04. The van der Waals surface area contributed by atoms with E-state index in [0.29, 0.717) is 6.42 Å². The molecule has 0 spiro atoms. The van der Waals surface area contributed by atoms with Gasteiger partial charge < -0.3 is 5.32 Å². The first-order chi connectivity index (χ1) is 10.6. The maximum Gasteiger partial charge on any atom is 0.224 e. The number of rotatable bonds is 5. The van der Waals surface area contributed by atoms with Crippen molar-refractivity contribution in [2.75, 3.05) is 5.32 Å². The third-order valence-electron chi connectivity index (χ3n) is 3.42. The first kappa shape index (κ1) is 20.4. The van der Waals surface area contributed by atoms with E-state index in [2.05, 4.69) is 24.7 Å². The molecule has 1 aromatic carbocycles. The SMILES string of the molecule is CC.CCC(=O)Nc1cccc(C)c1C.CCCCC1=C[CH]1.[HH]. The van der Waals surface area contributed by atoms with Crippen molar-refractivity contribution >= 4 is 11.6 Å². The molecule has 1 radical (unpaired) electrons. The minimum atomic E-state index is 0. The number of carbonyl (C=O) groups excluding carboxylic acids is 1. The summed E-state index contributed by atoms with van der Waals surface area (Å²) in [5, 5.41) is 2.86. The van der Waals surface area contributed by atoms with Crippen molar-refractivity contribution in [2.45, 2.75) is 67.2 Å². The summed E-state index contributed by atoms with van der Waals surface area (Å²) in [5.74, 6) is 0.0636. The van der Waals surface area contributed by atoms with Gasteiger partial charge >= 0.3 is 0 Å². The van der Waals surface area contributed by atoms with Crippen LogP contribution >= 0.6 is 0 Å². The molecular weight excluding hydrogens is 270 g/mol. The Morgan fingerprint density at radius 3 is 2.32 bits per heavy atom. The Bertz CT molecular complexity index is 481. The molecule has 0 saturated heterocycles. The Labute approximate surface area is 138 Å². The van der Waals surface area contributed by atoms with Gasteiger partial charge in [-0.3, -0.25) is 4.79 Å². The Morgan fingerprint density at radius 1 is 1.18 bits per heavy atom. The number of nitrogens with one attached hydrogen (secondary N) is 1. The smallest absolute Gasteiger partial charge is 0.224 e. The molecule has 0 fully saturated rings. The topological polar surface area (TPSA) is 29.1 Å². The summed E-state index contributed by atoms with van der Waals surface area (Å²) in [6.07, 6.45) is 8.91. The molecule has 2 rings (SSSR count). The van der Waals surface area contributed by atoms with Gasteiger partial charge in [-0.05, 0) is 43.9 Å². The van der Waals surface area contributed by atoms with E-state index in [-0.39, 0.29) is 7.33 Å². The number of carbonyl (C=O) groups is 1. The molecule has 1 aliphatic rings. The largest absolute Gasteiger partial charge is 0.326 e. The van der Waals surface area contributed by atoms with Gasteiger partial charge in [-0.2, -0.15) is 0 Å². The maximum absolute atomic E-state index is 11.1. The molecule has 2 heteroatoms. The maximum atomic E-state index is 11.1. The van der Waals surface area contributed by atoms with Crippen molar-refractivity contribution < 1.29 is 6.22 Å². The third kappa shape index (κ3) is 8.66. The van der Waals surface area contributed by atoms with Gasteiger partial charge in [0.25, 0.3) is 0 Å². The highest BCUT2D eigenvalue weighted by Crippen LogP contribution is 2.22. The Morgan fingerprint density at radius 2 is 1.82 bits per heavy atom. The zero-order valence-corrected chi connectivity index (χ0v) is 15.1. The van der Waals surface area contributed by atoms with Crippen molar-refractivity contribution in [3.63, 3.8) is 0 Å². The predicted molar refractivity (Wildman–Crippen MR) is 100 cm³/mol. The number of anilines is 1. The molecule has 0 aliphatic heterocycles. The van der Waals surface area contributed by atoms with Crippen molar-refractivity contribution in [1.29, 1.82) is 0 Å². The van der Waals surface area contributed by atoms with Gasteiger partial charge in [-0.15, -0.1) is 0 Å². The summed E-state index contributed by atoms with van der Waals surface area (Å²) in [6, 6.07) is 5.92. The molecule has 1 amide bonds. The van der Waals surface area contributed by atoms with E-state index in [9.17, 15) is 4.79 Å². The molecule has 0 aromatic heterocycles. The van der Waals surface area contributed by atoms with E-state index in [1.54, 1.807) is 5.57 Å². The molecule has 0 bridgehead atoms. The standard InChI is InChI=1S/C11H15NO.C7H11.C2H6.H2/c1-4-11(13)12-10-7-5-6-8(2)9(10)3;1-2-3-4-7-5-6-7;1-2;/h5-7H,4H2,1-3H3,(H,12,13);5-6H,2-4H2,1H3;1-2H3;1H. The number of benzene rings is 1. The number of allylic oxidation sites excluding steroid dienone is 2. The third-order valence-corrected chi connectivity index (χ3v) is 3.42. The molecule has 22 heavy (non-hydrogen) atoms. The van der Waals surface area contributed by atoms with E-state index in [1.165, 1.54) is 24.8 Å². The van der Waals surface area contributed by atoms with Crippen LogP contribution in [-0.4, -0.2) is 5.91 Å². The number of hydrogen-bond acceptors (Lipinski definition) is 1. The van der Waals surface area contributed by atoms with Crippen molar-refractivity contribution in [3.05, 3.63) is 47.4 Å². The summed E-state index contributed by atoms with van der Waals surface area (Å²) in [4.78, 5) is 11.1. The second-order valence-electron chi connectivity index (χ2n) is 5.16. The van der Waals surface area contributed by atoms with E-state index < -0.39 is 0 Å². The van der Waals surface area contributed by atoms with Gasteiger partial charge in [0.2, 0.25) is 5.91 Å². The lowest BCUT2D eigenvalue weighted by Gasteiger charge is -2.08. The minimum Gasteiger partial charge on any atom is -0.326 e. The van der Waals surface area contributed by atoms with Gasteiger partial charge in [-0.25, -0.2) is 0 Å². The van der Waals surface area contributed by atoms with Crippen LogP contribution in [0.3, 0.4) is 0 Å². The zero-order chi connectivity index (χ0) is 17.0. The fourth-order valence-corrected chi connectivity index (χ4v) is 1.73. The Hall–Kier alpha value is -1.57. The minimum absolute atomic E-state index is 0. The van der Waals surface area contributed by atoms with Crippen molar-refractivity contribution in [1.82, 2.24) is 0 Å². The monoisotopic (exact) mass is 304 g/mol. The lowest BCUT2D eigenvalue weighted by molar-refractivity contribution is -0.115. The van der Waals surface area contributed by atoms with E-state index in [0.717, 1.165) is 11.3 Å². The van der Waals surface area contributed by atoms with Crippen molar-refractivity contribution in [3.8, 4) is 0 Å². The first-order valence-corrected chi connectivity index (χ1v) is 8.48. The predicted octanol–water partition coefficient (Wildman–Crippen LogP) is 6.25. The number of aryl methyl sites for hydroxylation is 1. The van der Waals surface area contributed by atoms with Crippen molar-refractivity contribution in [2.24, 2.45) is 0 Å². The van der Waals surface area contributed by atoms with Gasteiger partial charge in [0.05, 0.1) is 0 Å². The highest BCUT2D eigenvalue weighted by molar-refractivity contribution is 5.91. The summed E-state index contributed by atoms with van der Waals surface area (Å²) in [5.41, 5.74) is 4.83. The normalized spacial score (nSPS) is 11.3. The molecular formula is C20H34NO. The molecule has 2 nitrogen and oxygen atoms in total. The molecule has 1 aliphatic carbocycles. The first-order valence-electron chi connectivity index (χ1n) is 8.48. The van der Waals surface area contributed by atoms with Crippen LogP contribution in [0.15, 0.2) is 29.8 Å². The summed E-state index contributed by atoms with van der Waals surface area (Å²) < 4.78 is 0. The molecule has 0 heterocycles. The molecule has 0 saturated carbocycles. The fourth-order valence-electron chi connectivity index (χ4n) is 1.73. The van der Waals surface area contributed by atoms with Gasteiger partial charge in [0.1, 0.15) is 0 Å². The van der Waals surface area contributed by atoms with Crippen LogP contribution in [0.4, 0.5) is 5.69 Å². The lowest BCUT2D eigenvalue weighted by atomic mass is 10.1. The average Bonchev–Trinajstić information content (AvgIpc) is 3.36. The average molecular weight is 304 g/mol. The van der Waals surface area contributed by atoms with Crippen LogP contribution in [0.5, 0.6) is 0 Å². The number of amides is 1. The molecule has 1 N–H and O–H groups in total. The van der Waals surface area contributed by atoms with Gasteiger partial charge in [0.15, 0.2) is 0 Å². The van der Waals surface area contributed by atoms with Crippen LogP contribution in [0, 0.1) is 20.3 Å². The molecule has 0 unspecified atom stereocenters. The van der Waals surface area contributed by atoms with Gasteiger partial charge in [-0.1, -0.05) is 57.9 Å². The molecule has 1 aromatic rings. The molecule has 125 valence electrons. The second-order valence-corrected chi connectivity index (χ2v) is 5.16. The second kappa shape index (κ2) is 12.0. The fraction of sp³-hybridized carbons (Fsp3) is 0.500. The lowest BCUT2D eigenvalue weighted by Crippen LogP contribution is -2.10. The van der Waals surface area contributed by atoms with E-state index in [4.69, 9.17) is 0 Å². The number of unbranched alkanes of at least 4 members (excludes halogenated alkanes) is 1. The van der Waals surface area contributed by atoms with Crippen LogP contribution in [-0.2, 0) is 4.79 Å². The van der Waals surface area contributed by atoms with E-state index in [1.807, 2.05) is 52.8 Å². The Balaban J connectivity index is 0. The van der Waals surface area contributed by atoms with Crippen LogP contribution in [0.2, 0.25) is 0 Å². The summed E-state index contributed by atoms with van der Waals surface area (Å²) in [6.45, 7) is 12.1. The summed E-state index contributed by atoms with van der Waals surface area (Å²) >= 11 is 0. The van der Waals surface area contributed by atoms with E-state index >= 15 is 0 Å². The van der Waals surface area contributed by atoms with Crippen LogP contribution < -0.4 is 5.32 Å². The Kier molecular flexibility index (Phi) is 11.2. The highest BCUT2D eigenvalue weighted by atomic mass is 16.1. The van der Waals surface area contributed by atoms with Crippen LogP contribution in [0.25, 0.3) is 0 Å². The number of hydrogen-bond donors (Lipinski definition) is 1. The molecule has 0 atom stereocenters. The zero-order valence-electron chi connectivity index (χ0n) is 15.1. The van der Waals surface area contributed by atoms with Gasteiger partial charge in [0, 0.05) is 20.0 Å².